The van der Waals surface area contributed by atoms with Crippen LogP contribution in [0.3, 0.4) is 0 Å². The van der Waals surface area contributed by atoms with E-state index in [1.165, 1.54) is 25.4 Å². The minimum atomic E-state index is -4.52. The van der Waals surface area contributed by atoms with Crippen molar-refractivity contribution in [1.29, 1.82) is 0 Å². The zero-order valence-electron chi connectivity index (χ0n) is 17.0. The Kier molecular flexibility index (Phi) is 5.55. The fraction of sp³-hybridized carbons (Fsp3) is 0.182. The summed E-state index contributed by atoms with van der Waals surface area (Å²) in [6, 6.07) is 7.13. The smallest absolute Gasteiger partial charge is 0.265 e. The number of anilines is 1. The predicted molar refractivity (Wildman–Crippen MR) is 114 cm³/mol. The van der Waals surface area contributed by atoms with Crippen molar-refractivity contribution in [3.8, 4) is 16.9 Å². The van der Waals surface area contributed by atoms with Crippen LogP contribution in [-0.2, 0) is 10.0 Å². The molecule has 10 heteroatoms. The summed E-state index contributed by atoms with van der Waals surface area (Å²) in [4.78, 5) is 17.4. The summed E-state index contributed by atoms with van der Waals surface area (Å²) in [6.45, 7) is 2.59. The summed E-state index contributed by atoms with van der Waals surface area (Å²) >= 11 is 0. The molecule has 0 atom stereocenters. The average Bonchev–Trinajstić information content (AvgIpc) is 2.71. The van der Waals surface area contributed by atoms with Gasteiger partial charge in [0.1, 0.15) is 22.3 Å². The molecule has 7 nitrogen and oxygen atoms in total. The highest BCUT2D eigenvalue weighted by molar-refractivity contribution is 7.92. The van der Waals surface area contributed by atoms with Gasteiger partial charge in [-0.05, 0) is 43.2 Å². The zero-order chi connectivity index (χ0) is 23.0. The Morgan fingerprint density at radius 2 is 1.91 bits per heavy atom. The number of pyridine rings is 1. The van der Waals surface area contributed by atoms with Crippen LogP contribution in [0, 0.1) is 18.6 Å². The second kappa shape index (κ2) is 8.19. The number of aromatic nitrogens is 1. The number of hydrogen-bond acceptors (Lipinski definition) is 5. The molecule has 2 N–H and O–H groups in total. The van der Waals surface area contributed by atoms with Gasteiger partial charge in [0.2, 0.25) is 0 Å². The minimum absolute atomic E-state index is 0.0562. The summed E-state index contributed by atoms with van der Waals surface area (Å²) in [7, 11) is -4.52. The van der Waals surface area contributed by atoms with Crippen molar-refractivity contribution in [3.05, 3.63) is 71.6 Å². The van der Waals surface area contributed by atoms with Gasteiger partial charge in [-0.15, -0.1) is 0 Å². The van der Waals surface area contributed by atoms with Crippen molar-refractivity contribution in [2.75, 3.05) is 17.8 Å². The first-order valence-electron chi connectivity index (χ1n) is 9.72. The molecule has 1 saturated heterocycles. The van der Waals surface area contributed by atoms with E-state index in [9.17, 15) is 27.1 Å². The van der Waals surface area contributed by atoms with Crippen LogP contribution >= 0.6 is 0 Å². The third-order valence-corrected chi connectivity index (χ3v) is 6.60. The Bertz CT molecular complexity index is 1310. The number of nitrogens with zero attached hydrogens (tertiary/aromatic N) is 2. The quantitative estimate of drug-likeness (QED) is 0.606. The zero-order valence-corrected chi connectivity index (χ0v) is 17.8. The molecule has 1 fully saturated rings. The number of aromatic hydroxyl groups is 1. The summed E-state index contributed by atoms with van der Waals surface area (Å²) in [5.74, 6) is -2.95. The molecule has 0 bridgehead atoms. The van der Waals surface area contributed by atoms with E-state index in [1.54, 1.807) is 17.0 Å². The first-order chi connectivity index (χ1) is 15.2. The number of amides is 1. The number of hydrogen-bond donors (Lipinski definition) is 2. The number of aryl methyl sites for hydroxylation is 1. The molecule has 166 valence electrons. The van der Waals surface area contributed by atoms with Crippen molar-refractivity contribution < 1.29 is 27.1 Å². The number of carbonyl (C=O) groups excluding carboxylic acids is 1. The van der Waals surface area contributed by atoms with Gasteiger partial charge in [-0.25, -0.2) is 17.2 Å². The fourth-order valence-electron chi connectivity index (χ4n) is 3.35. The lowest BCUT2D eigenvalue weighted by Gasteiger charge is -2.31. The van der Waals surface area contributed by atoms with E-state index in [0.29, 0.717) is 24.7 Å². The number of rotatable bonds is 5. The third kappa shape index (κ3) is 4.01. The van der Waals surface area contributed by atoms with Gasteiger partial charge < -0.3 is 10.0 Å². The van der Waals surface area contributed by atoms with E-state index in [1.807, 2.05) is 0 Å². The van der Waals surface area contributed by atoms with Gasteiger partial charge in [0.05, 0.1) is 5.69 Å². The van der Waals surface area contributed by atoms with Crippen molar-refractivity contribution >= 4 is 21.6 Å². The van der Waals surface area contributed by atoms with Crippen molar-refractivity contribution in [2.24, 2.45) is 0 Å². The molecule has 1 aliphatic heterocycles. The molecule has 0 radical (unpaired) electrons. The van der Waals surface area contributed by atoms with Crippen LogP contribution in [-0.4, -0.2) is 42.4 Å². The van der Waals surface area contributed by atoms with Gasteiger partial charge in [-0.2, -0.15) is 0 Å². The third-order valence-electron chi connectivity index (χ3n) is 5.22. The molecule has 0 spiro atoms. The molecule has 3 aromatic rings. The Labute approximate surface area is 183 Å². The molecule has 1 aliphatic rings. The SMILES string of the molecule is Cc1cc(C(=O)N2CCC2)cc(S(=O)(=O)Nc2cc(-c3cccnc3)c(F)cc2F)c1O. The monoisotopic (exact) mass is 459 g/mol. The molecule has 2 aromatic carbocycles. The lowest BCUT2D eigenvalue weighted by molar-refractivity contribution is 0.0651. The summed E-state index contributed by atoms with van der Waals surface area (Å²) in [6.07, 6.45) is 3.70. The molecule has 1 aromatic heterocycles. The van der Waals surface area contributed by atoms with E-state index in [4.69, 9.17) is 0 Å². The molecule has 4 rings (SSSR count). The Morgan fingerprint density at radius 3 is 2.53 bits per heavy atom. The van der Waals surface area contributed by atoms with Crippen LogP contribution in [0.2, 0.25) is 0 Å². The van der Waals surface area contributed by atoms with Crippen LogP contribution in [0.25, 0.3) is 11.1 Å². The van der Waals surface area contributed by atoms with Gasteiger partial charge >= 0.3 is 0 Å². The number of benzene rings is 2. The fourth-order valence-corrected chi connectivity index (χ4v) is 4.60. The molecule has 32 heavy (non-hydrogen) atoms. The lowest BCUT2D eigenvalue weighted by atomic mass is 10.1. The van der Waals surface area contributed by atoms with Crippen LogP contribution in [0.15, 0.2) is 53.7 Å². The number of halogens is 2. The molecular formula is C22H19F2N3O4S. The van der Waals surface area contributed by atoms with Gasteiger partial charge in [-0.3, -0.25) is 14.5 Å². The minimum Gasteiger partial charge on any atom is -0.506 e. The molecule has 0 aliphatic carbocycles. The van der Waals surface area contributed by atoms with Crippen LogP contribution < -0.4 is 4.72 Å². The van der Waals surface area contributed by atoms with E-state index < -0.39 is 38.0 Å². The highest BCUT2D eigenvalue weighted by Crippen LogP contribution is 2.33. The van der Waals surface area contributed by atoms with Crippen LogP contribution in [0.1, 0.15) is 22.3 Å². The molecular weight excluding hydrogens is 440 g/mol. The van der Waals surface area contributed by atoms with Gasteiger partial charge in [0.15, 0.2) is 0 Å². The topological polar surface area (TPSA) is 99.6 Å². The largest absolute Gasteiger partial charge is 0.506 e. The van der Waals surface area contributed by atoms with E-state index in [2.05, 4.69) is 9.71 Å². The normalized spacial score (nSPS) is 13.5. The number of nitrogens with one attached hydrogen (secondary N) is 1. The number of sulfonamides is 1. The Morgan fingerprint density at radius 1 is 1.16 bits per heavy atom. The Hall–Kier alpha value is -3.53. The van der Waals surface area contributed by atoms with Gasteiger partial charge in [0, 0.05) is 48.2 Å². The highest BCUT2D eigenvalue weighted by Gasteiger charge is 2.27. The molecule has 0 unspecified atom stereocenters. The maximum absolute atomic E-state index is 14.4. The first kappa shape index (κ1) is 21.7. The maximum atomic E-state index is 14.4. The van der Waals surface area contributed by atoms with Crippen molar-refractivity contribution in [3.63, 3.8) is 0 Å². The van der Waals surface area contributed by atoms with Crippen molar-refractivity contribution in [2.45, 2.75) is 18.2 Å². The van der Waals surface area contributed by atoms with E-state index in [0.717, 1.165) is 18.6 Å². The predicted octanol–water partition coefficient (Wildman–Crippen LogP) is 3.69. The van der Waals surface area contributed by atoms with E-state index >= 15 is 0 Å². The number of carbonyl (C=O) groups is 1. The Balaban J connectivity index is 1.74. The summed E-state index contributed by atoms with van der Waals surface area (Å²) < 4.78 is 56.8. The lowest BCUT2D eigenvalue weighted by Crippen LogP contribution is -2.42. The number of likely N-dealkylation sites (tertiary alicyclic amines) is 1. The highest BCUT2D eigenvalue weighted by atomic mass is 32.2. The summed E-state index contributed by atoms with van der Waals surface area (Å²) in [5.41, 5.74) is 0.0238. The number of phenolic OH excluding ortho intramolecular Hbond substituents is 1. The van der Waals surface area contributed by atoms with Crippen LogP contribution in [0.4, 0.5) is 14.5 Å². The van der Waals surface area contributed by atoms with Crippen LogP contribution in [0.5, 0.6) is 5.75 Å². The second-order valence-electron chi connectivity index (χ2n) is 7.44. The summed E-state index contributed by atoms with van der Waals surface area (Å²) in [5, 5.41) is 10.4. The molecule has 1 amide bonds. The van der Waals surface area contributed by atoms with Gasteiger partial charge in [0.25, 0.3) is 15.9 Å². The molecule has 2 heterocycles. The van der Waals surface area contributed by atoms with Crippen molar-refractivity contribution in [1.82, 2.24) is 9.88 Å². The van der Waals surface area contributed by atoms with E-state index in [-0.39, 0.29) is 22.6 Å². The standard InChI is InChI=1S/C22H19F2N3O4S/c1-13-8-15(22(29)27-6-3-7-27)9-20(21(13)28)32(30,31)26-19-10-16(17(23)11-18(19)24)14-4-2-5-25-12-14/h2,4-5,8-12,26,28H,3,6-7H2,1H3. The average molecular weight is 459 g/mol. The molecule has 0 saturated carbocycles. The second-order valence-corrected chi connectivity index (χ2v) is 9.10. The maximum Gasteiger partial charge on any atom is 0.265 e. The first-order valence-corrected chi connectivity index (χ1v) is 11.2. The van der Waals surface area contributed by atoms with Gasteiger partial charge in [-0.1, -0.05) is 6.07 Å². The number of phenols is 1.